The number of unbranched alkanes of at least 4 members (excludes halogenated alkanes) is 1. The average molecular weight is 390 g/mol. The number of nitrogens with one attached hydrogen (secondary N) is 1. The van der Waals surface area contributed by atoms with Crippen LogP contribution in [0.15, 0.2) is 60.7 Å². The average Bonchev–Trinajstić information content (AvgIpc) is 2.77. The van der Waals surface area contributed by atoms with Gasteiger partial charge in [0.05, 0.1) is 17.1 Å². The van der Waals surface area contributed by atoms with Crippen molar-refractivity contribution in [1.82, 2.24) is 10.3 Å². The molecule has 152 valence electrons. The van der Waals surface area contributed by atoms with Crippen LogP contribution in [-0.2, 0) is 0 Å². The molecular weight excluding hydrogens is 358 g/mol. The van der Waals surface area contributed by atoms with E-state index in [0.717, 1.165) is 54.6 Å². The fraction of sp³-hybridized carbons (Fsp3) is 0.360. The van der Waals surface area contributed by atoms with Crippen LogP contribution >= 0.6 is 0 Å². The third kappa shape index (κ3) is 4.94. The lowest BCUT2D eigenvalue weighted by Crippen LogP contribution is -2.29. The van der Waals surface area contributed by atoms with E-state index in [-0.39, 0.29) is 11.9 Å². The van der Waals surface area contributed by atoms with E-state index in [0.29, 0.717) is 5.56 Å². The second kappa shape index (κ2) is 10.1. The Morgan fingerprint density at radius 2 is 1.76 bits per heavy atom. The Morgan fingerprint density at radius 3 is 2.45 bits per heavy atom. The number of nitrogens with zero attached hydrogens (tertiary/aromatic N) is 2. The zero-order valence-corrected chi connectivity index (χ0v) is 17.7. The summed E-state index contributed by atoms with van der Waals surface area (Å²) in [6.45, 7) is 8.23. The monoisotopic (exact) mass is 389 g/mol. The first-order chi connectivity index (χ1) is 14.2. The molecule has 1 amide bonds. The Balaban J connectivity index is 1.97. The summed E-state index contributed by atoms with van der Waals surface area (Å²) < 4.78 is 0. The number of anilines is 1. The predicted molar refractivity (Wildman–Crippen MR) is 121 cm³/mol. The smallest absolute Gasteiger partial charge is 0.252 e. The highest BCUT2D eigenvalue weighted by atomic mass is 16.1. The van der Waals surface area contributed by atoms with Crippen molar-refractivity contribution >= 4 is 22.6 Å². The van der Waals surface area contributed by atoms with Crippen molar-refractivity contribution in [1.29, 1.82) is 0 Å². The number of amides is 1. The second-order valence-corrected chi connectivity index (χ2v) is 7.32. The van der Waals surface area contributed by atoms with Crippen molar-refractivity contribution in [2.24, 2.45) is 0 Å². The first-order valence-electron chi connectivity index (χ1n) is 10.7. The summed E-state index contributed by atoms with van der Waals surface area (Å²) in [7, 11) is 0. The van der Waals surface area contributed by atoms with Crippen molar-refractivity contribution in [2.75, 3.05) is 18.0 Å². The normalized spacial score (nSPS) is 12.0. The van der Waals surface area contributed by atoms with E-state index in [1.165, 1.54) is 0 Å². The molecule has 1 heterocycles. The van der Waals surface area contributed by atoms with Crippen LogP contribution in [0, 0.1) is 0 Å². The molecular formula is C25H31N3O. The summed E-state index contributed by atoms with van der Waals surface area (Å²) in [5, 5.41) is 4.13. The third-order valence-electron chi connectivity index (χ3n) is 5.35. The molecule has 0 saturated heterocycles. The van der Waals surface area contributed by atoms with Crippen molar-refractivity contribution in [3.63, 3.8) is 0 Å². The van der Waals surface area contributed by atoms with Crippen molar-refractivity contribution < 1.29 is 4.79 Å². The van der Waals surface area contributed by atoms with E-state index >= 15 is 0 Å². The van der Waals surface area contributed by atoms with Gasteiger partial charge in [0, 0.05) is 18.5 Å². The van der Waals surface area contributed by atoms with E-state index in [1.54, 1.807) is 0 Å². The third-order valence-corrected chi connectivity index (χ3v) is 5.35. The molecule has 0 saturated carbocycles. The van der Waals surface area contributed by atoms with Gasteiger partial charge in [0.1, 0.15) is 5.82 Å². The van der Waals surface area contributed by atoms with Crippen molar-refractivity contribution in [3.05, 3.63) is 71.8 Å². The van der Waals surface area contributed by atoms with Gasteiger partial charge >= 0.3 is 0 Å². The van der Waals surface area contributed by atoms with E-state index in [4.69, 9.17) is 4.98 Å². The van der Waals surface area contributed by atoms with Gasteiger partial charge in [-0.2, -0.15) is 0 Å². The topological polar surface area (TPSA) is 45.2 Å². The molecule has 0 spiro atoms. The molecule has 29 heavy (non-hydrogen) atoms. The van der Waals surface area contributed by atoms with Crippen LogP contribution in [0.25, 0.3) is 10.9 Å². The zero-order chi connectivity index (χ0) is 20.6. The lowest BCUT2D eigenvalue weighted by atomic mass is 10.0. The fourth-order valence-electron chi connectivity index (χ4n) is 3.64. The highest BCUT2D eigenvalue weighted by molar-refractivity contribution is 6.07. The number of pyridine rings is 1. The van der Waals surface area contributed by atoms with Crippen LogP contribution in [0.4, 0.5) is 5.82 Å². The Kier molecular flexibility index (Phi) is 7.23. The summed E-state index contributed by atoms with van der Waals surface area (Å²) >= 11 is 0. The Bertz CT molecular complexity index is 939. The first kappa shape index (κ1) is 20.8. The van der Waals surface area contributed by atoms with Crippen molar-refractivity contribution in [3.8, 4) is 0 Å². The maximum Gasteiger partial charge on any atom is 0.252 e. The highest BCUT2D eigenvalue weighted by Crippen LogP contribution is 2.25. The fourth-order valence-corrected chi connectivity index (χ4v) is 3.64. The zero-order valence-electron chi connectivity index (χ0n) is 17.7. The van der Waals surface area contributed by atoms with E-state index < -0.39 is 0 Å². The molecule has 0 aliphatic heterocycles. The molecule has 0 aliphatic carbocycles. The number of fused-ring (bicyclic) bond motifs is 1. The molecule has 0 unspecified atom stereocenters. The van der Waals surface area contributed by atoms with Gasteiger partial charge in [-0.05, 0) is 37.5 Å². The molecule has 3 aromatic rings. The largest absolute Gasteiger partial charge is 0.357 e. The Hall–Kier alpha value is -2.88. The number of hydrogen-bond donors (Lipinski definition) is 1. The van der Waals surface area contributed by atoms with E-state index in [9.17, 15) is 4.79 Å². The standard InChI is InChI=1S/C25H31N3O/c1-4-7-17-28(6-3)24-18-21(20-15-11-12-16-23(20)26-24)25(29)27-22(5-2)19-13-9-8-10-14-19/h8-16,18,22H,4-7,17H2,1-3H3,(H,27,29)/t22-/m0/s1. The molecule has 4 heteroatoms. The number of benzene rings is 2. The van der Waals surface area contributed by atoms with E-state index in [1.807, 2.05) is 48.5 Å². The minimum absolute atomic E-state index is 0.0125. The summed E-state index contributed by atoms with van der Waals surface area (Å²) in [6, 6.07) is 20.0. The van der Waals surface area contributed by atoms with Crippen LogP contribution in [0.3, 0.4) is 0 Å². The quantitative estimate of drug-likeness (QED) is 0.507. The molecule has 0 radical (unpaired) electrons. The van der Waals surface area contributed by atoms with Gasteiger partial charge in [0.2, 0.25) is 0 Å². The summed E-state index contributed by atoms with van der Waals surface area (Å²) in [5.74, 6) is 0.824. The van der Waals surface area contributed by atoms with Crippen LogP contribution in [0.2, 0.25) is 0 Å². The SMILES string of the molecule is CCCCN(CC)c1cc(C(=O)N[C@@H](CC)c2ccccc2)c2ccccc2n1. The second-order valence-electron chi connectivity index (χ2n) is 7.32. The van der Waals surface area contributed by atoms with Gasteiger partial charge in [0.25, 0.3) is 5.91 Å². The summed E-state index contributed by atoms with van der Waals surface area (Å²) in [4.78, 5) is 20.4. The molecule has 0 aliphatic rings. The molecule has 2 aromatic carbocycles. The summed E-state index contributed by atoms with van der Waals surface area (Å²) in [6.07, 6.45) is 3.08. The van der Waals surface area contributed by atoms with Gasteiger partial charge in [-0.1, -0.05) is 68.8 Å². The van der Waals surface area contributed by atoms with Crippen LogP contribution in [0.5, 0.6) is 0 Å². The van der Waals surface area contributed by atoms with Crippen LogP contribution < -0.4 is 10.2 Å². The molecule has 0 fully saturated rings. The van der Waals surface area contributed by atoms with Gasteiger partial charge in [0.15, 0.2) is 0 Å². The van der Waals surface area contributed by atoms with Crippen molar-refractivity contribution in [2.45, 2.75) is 46.1 Å². The lowest BCUT2D eigenvalue weighted by molar-refractivity contribution is 0.0937. The van der Waals surface area contributed by atoms with Crippen LogP contribution in [-0.4, -0.2) is 24.0 Å². The number of hydrogen-bond acceptors (Lipinski definition) is 3. The minimum atomic E-state index is -0.0490. The number of carbonyl (C=O) groups excluding carboxylic acids is 1. The molecule has 1 atom stereocenters. The molecule has 1 N–H and O–H groups in total. The molecule has 1 aromatic heterocycles. The Morgan fingerprint density at radius 1 is 1.03 bits per heavy atom. The maximum absolute atomic E-state index is 13.3. The molecule has 3 rings (SSSR count). The van der Waals surface area contributed by atoms with Gasteiger partial charge in [-0.3, -0.25) is 4.79 Å². The maximum atomic E-state index is 13.3. The molecule has 0 bridgehead atoms. The number of carbonyl (C=O) groups is 1. The molecule has 4 nitrogen and oxygen atoms in total. The van der Waals surface area contributed by atoms with Crippen LogP contribution in [0.1, 0.15) is 62.0 Å². The lowest BCUT2D eigenvalue weighted by Gasteiger charge is -2.24. The first-order valence-corrected chi connectivity index (χ1v) is 10.7. The van der Waals surface area contributed by atoms with Gasteiger partial charge in [-0.25, -0.2) is 4.98 Å². The van der Waals surface area contributed by atoms with E-state index in [2.05, 4.69) is 43.1 Å². The minimum Gasteiger partial charge on any atom is -0.357 e. The number of rotatable bonds is 9. The predicted octanol–water partition coefficient (Wildman–Crippen LogP) is 5.74. The summed E-state index contributed by atoms with van der Waals surface area (Å²) in [5.41, 5.74) is 2.67. The highest BCUT2D eigenvalue weighted by Gasteiger charge is 2.19. The Labute approximate surface area is 174 Å². The number of para-hydroxylation sites is 1. The van der Waals surface area contributed by atoms with Gasteiger partial charge in [-0.15, -0.1) is 0 Å². The number of aromatic nitrogens is 1. The van der Waals surface area contributed by atoms with Gasteiger partial charge < -0.3 is 10.2 Å².